The van der Waals surface area contributed by atoms with Crippen LogP contribution in [-0.4, -0.2) is 10.1 Å². The zero-order valence-electron chi connectivity index (χ0n) is 10.1. The lowest BCUT2D eigenvalue weighted by Crippen LogP contribution is -2.06. The van der Waals surface area contributed by atoms with E-state index in [9.17, 15) is 9.50 Å². The molecule has 0 saturated heterocycles. The highest BCUT2D eigenvalue weighted by Crippen LogP contribution is 2.31. The number of hydrogen-bond acceptors (Lipinski definition) is 2. The van der Waals surface area contributed by atoms with Gasteiger partial charge in [0, 0.05) is 23.5 Å². The number of aryl methyl sites for hydroxylation is 2. The van der Waals surface area contributed by atoms with Gasteiger partial charge in [-0.15, -0.1) is 0 Å². The molecule has 1 unspecified atom stereocenters. The molecule has 0 radical (unpaired) electrons. The fourth-order valence-corrected chi connectivity index (χ4v) is 2.26. The van der Waals surface area contributed by atoms with E-state index < -0.39 is 11.9 Å². The van der Waals surface area contributed by atoms with E-state index in [4.69, 9.17) is 11.6 Å². The van der Waals surface area contributed by atoms with Gasteiger partial charge in [-0.1, -0.05) is 17.7 Å². The Morgan fingerprint density at radius 3 is 2.67 bits per heavy atom. The van der Waals surface area contributed by atoms with E-state index in [-0.39, 0.29) is 5.56 Å². The van der Waals surface area contributed by atoms with Crippen LogP contribution >= 0.6 is 11.6 Å². The van der Waals surface area contributed by atoms with Gasteiger partial charge in [-0.3, -0.25) is 4.98 Å². The second-order valence-corrected chi connectivity index (χ2v) is 4.68. The lowest BCUT2D eigenvalue weighted by Gasteiger charge is -2.16. The summed E-state index contributed by atoms with van der Waals surface area (Å²) in [4.78, 5) is 3.84. The number of nitrogens with zero attached hydrogens (tertiary/aromatic N) is 1. The van der Waals surface area contributed by atoms with Gasteiger partial charge in [0.15, 0.2) is 0 Å². The van der Waals surface area contributed by atoms with E-state index in [0.29, 0.717) is 16.1 Å². The SMILES string of the molecule is Cc1cc(C)c(C(O)c2ccncc2Cl)c(F)c1. The smallest absolute Gasteiger partial charge is 0.129 e. The first-order chi connectivity index (χ1) is 8.50. The highest BCUT2D eigenvalue weighted by molar-refractivity contribution is 6.31. The van der Waals surface area contributed by atoms with Crippen LogP contribution in [0.2, 0.25) is 5.02 Å². The minimum absolute atomic E-state index is 0.258. The Hall–Kier alpha value is -1.45. The highest BCUT2D eigenvalue weighted by atomic mass is 35.5. The second-order valence-electron chi connectivity index (χ2n) is 4.28. The Bertz CT molecular complexity index is 563. The number of aromatic nitrogens is 1. The van der Waals surface area contributed by atoms with E-state index in [2.05, 4.69) is 4.98 Å². The van der Waals surface area contributed by atoms with Crippen molar-refractivity contribution in [2.75, 3.05) is 0 Å². The van der Waals surface area contributed by atoms with Gasteiger partial charge in [0.25, 0.3) is 0 Å². The van der Waals surface area contributed by atoms with Gasteiger partial charge in [0.1, 0.15) is 11.9 Å². The molecule has 1 N–H and O–H groups in total. The molecule has 0 spiro atoms. The van der Waals surface area contributed by atoms with E-state index in [0.717, 1.165) is 5.56 Å². The number of rotatable bonds is 2. The van der Waals surface area contributed by atoms with E-state index >= 15 is 0 Å². The van der Waals surface area contributed by atoms with Crippen LogP contribution in [0.5, 0.6) is 0 Å². The zero-order valence-corrected chi connectivity index (χ0v) is 10.9. The van der Waals surface area contributed by atoms with Crippen LogP contribution in [0.15, 0.2) is 30.6 Å². The van der Waals surface area contributed by atoms with Gasteiger partial charge >= 0.3 is 0 Å². The first kappa shape index (κ1) is 13.0. The Kier molecular flexibility index (Phi) is 3.64. The maximum absolute atomic E-state index is 14.0. The fourth-order valence-electron chi connectivity index (χ4n) is 2.04. The van der Waals surface area contributed by atoms with Crippen molar-refractivity contribution in [1.29, 1.82) is 0 Å². The molecule has 1 aromatic carbocycles. The van der Waals surface area contributed by atoms with E-state index in [1.54, 1.807) is 13.0 Å². The standard InChI is InChI=1S/C14H13ClFNO/c1-8-5-9(2)13(12(16)6-8)14(18)10-3-4-17-7-11(10)15/h3-7,14,18H,1-2H3. The van der Waals surface area contributed by atoms with E-state index in [1.807, 2.05) is 13.0 Å². The number of halogens is 2. The third kappa shape index (κ3) is 2.37. The predicted molar refractivity (Wildman–Crippen MR) is 69.2 cm³/mol. The number of hydrogen-bond donors (Lipinski definition) is 1. The van der Waals surface area contributed by atoms with E-state index in [1.165, 1.54) is 18.5 Å². The second kappa shape index (κ2) is 5.04. The molecule has 0 amide bonds. The minimum atomic E-state index is -1.08. The van der Waals surface area contributed by atoms with Crippen LogP contribution < -0.4 is 0 Å². The summed E-state index contributed by atoms with van der Waals surface area (Å²) in [6.07, 6.45) is 1.87. The molecular formula is C14H13ClFNO. The topological polar surface area (TPSA) is 33.1 Å². The van der Waals surface area contributed by atoms with Crippen LogP contribution in [0.4, 0.5) is 4.39 Å². The molecule has 94 valence electrons. The lowest BCUT2D eigenvalue weighted by atomic mass is 9.96. The van der Waals surface area contributed by atoms with Crippen molar-refractivity contribution in [1.82, 2.24) is 4.98 Å². The first-order valence-electron chi connectivity index (χ1n) is 5.55. The summed E-state index contributed by atoms with van der Waals surface area (Å²) < 4.78 is 14.0. The van der Waals surface area contributed by atoms with Gasteiger partial charge < -0.3 is 5.11 Å². The summed E-state index contributed by atoms with van der Waals surface area (Å²) in [5.74, 6) is -0.423. The average molecular weight is 266 g/mol. The van der Waals surface area contributed by atoms with Crippen LogP contribution in [0.1, 0.15) is 28.4 Å². The molecule has 0 aliphatic carbocycles. The highest BCUT2D eigenvalue weighted by Gasteiger charge is 2.20. The molecule has 1 atom stereocenters. The molecule has 2 rings (SSSR count). The summed E-state index contributed by atoms with van der Waals surface area (Å²) in [5, 5.41) is 10.6. The normalized spacial score (nSPS) is 12.5. The Balaban J connectivity index is 2.53. The fraction of sp³-hybridized carbons (Fsp3) is 0.214. The van der Waals surface area contributed by atoms with Crippen LogP contribution in [0.25, 0.3) is 0 Å². The molecule has 4 heteroatoms. The lowest BCUT2D eigenvalue weighted by molar-refractivity contribution is 0.214. The molecule has 0 aliphatic heterocycles. The molecule has 0 bridgehead atoms. The summed E-state index contributed by atoms with van der Waals surface area (Å²) in [5.41, 5.74) is 2.24. The van der Waals surface area contributed by atoms with Gasteiger partial charge in [-0.05, 0) is 37.1 Å². The Labute approximate surface area is 110 Å². The van der Waals surface area contributed by atoms with Crippen molar-refractivity contribution < 1.29 is 9.50 Å². The maximum atomic E-state index is 14.0. The van der Waals surface area contributed by atoms with Crippen molar-refractivity contribution in [3.63, 3.8) is 0 Å². The number of benzene rings is 1. The summed E-state index contributed by atoms with van der Waals surface area (Å²) in [6, 6.07) is 4.82. The monoisotopic (exact) mass is 265 g/mol. The predicted octanol–water partition coefficient (Wildman–Crippen LogP) is 3.57. The molecule has 0 fully saturated rings. The molecule has 0 aliphatic rings. The van der Waals surface area contributed by atoms with Crippen molar-refractivity contribution >= 4 is 11.6 Å². The van der Waals surface area contributed by atoms with Crippen molar-refractivity contribution in [2.24, 2.45) is 0 Å². The Morgan fingerprint density at radius 1 is 1.33 bits per heavy atom. The molecule has 1 heterocycles. The number of aliphatic hydroxyl groups is 1. The summed E-state index contributed by atoms with van der Waals surface area (Å²) >= 11 is 5.96. The largest absolute Gasteiger partial charge is 0.383 e. The Morgan fingerprint density at radius 2 is 2.06 bits per heavy atom. The molecular weight excluding hydrogens is 253 g/mol. The average Bonchev–Trinajstić information content (AvgIpc) is 2.27. The van der Waals surface area contributed by atoms with Crippen LogP contribution in [0.3, 0.4) is 0 Å². The number of aliphatic hydroxyl groups excluding tert-OH is 1. The van der Waals surface area contributed by atoms with Gasteiger partial charge in [-0.2, -0.15) is 0 Å². The number of pyridine rings is 1. The molecule has 18 heavy (non-hydrogen) atoms. The van der Waals surface area contributed by atoms with Crippen LogP contribution in [0, 0.1) is 19.7 Å². The van der Waals surface area contributed by atoms with Crippen molar-refractivity contribution in [2.45, 2.75) is 20.0 Å². The third-order valence-electron chi connectivity index (χ3n) is 2.85. The van der Waals surface area contributed by atoms with Crippen molar-refractivity contribution in [3.05, 3.63) is 63.7 Å². The molecule has 2 aromatic rings. The quantitative estimate of drug-likeness (QED) is 0.900. The first-order valence-corrected chi connectivity index (χ1v) is 5.92. The minimum Gasteiger partial charge on any atom is -0.383 e. The molecule has 1 aromatic heterocycles. The van der Waals surface area contributed by atoms with Gasteiger partial charge in [0.05, 0.1) is 5.02 Å². The summed E-state index contributed by atoms with van der Waals surface area (Å²) in [6.45, 7) is 3.58. The van der Waals surface area contributed by atoms with Crippen molar-refractivity contribution in [3.8, 4) is 0 Å². The van der Waals surface area contributed by atoms with Crippen LogP contribution in [-0.2, 0) is 0 Å². The third-order valence-corrected chi connectivity index (χ3v) is 3.17. The molecule has 2 nitrogen and oxygen atoms in total. The maximum Gasteiger partial charge on any atom is 0.129 e. The summed E-state index contributed by atoms with van der Waals surface area (Å²) in [7, 11) is 0. The molecule has 0 saturated carbocycles. The van der Waals surface area contributed by atoms with Gasteiger partial charge in [0.2, 0.25) is 0 Å². The zero-order chi connectivity index (χ0) is 13.3. The van der Waals surface area contributed by atoms with Gasteiger partial charge in [-0.25, -0.2) is 4.39 Å².